The van der Waals surface area contributed by atoms with Gasteiger partial charge in [0.15, 0.2) is 11.6 Å². The van der Waals surface area contributed by atoms with Crippen LogP contribution in [0, 0.1) is 34.0 Å². The van der Waals surface area contributed by atoms with Crippen molar-refractivity contribution < 1.29 is 34.0 Å². The number of aliphatic hydroxyl groups excluding tert-OH is 2. The van der Waals surface area contributed by atoms with Crippen molar-refractivity contribution in [2.24, 2.45) is 34.0 Å². The summed E-state index contributed by atoms with van der Waals surface area (Å²) in [7, 11) is 0. The molecule has 0 aromatic heterocycles. The van der Waals surface area contributed by atoms with E-state index in [1.807, 2.05) is 20.8 Å². The van der Waals surface area contributed by atoms with Gasteiger partial charge in [-0.25, -0.2) is 0 Å². The molecular weight excluding hydrogens is 438 g/mol. The Bertz CT molecular complexity index is 1010. The lowest BCUT2D eigenvalue weighted by Gasteiger charge is -2.77. The van der Waals surface area contributed by atoms with Crippen LogP contribution in [0.4, 0.5) is 0 Å². The first kappa shape index (κ1) is 22.2. The molecule has 2 N–H and O–H groups in total. The van der Waals surface area contributed by atoms with Crippen molar-refractivity contribution in [2.45, 2.75) is 102 Å². The number of ether oxygens (including phenoxy) is 3. The number of amides is 1. The number of fused-ring (bicyclic) bond motifs is 2. The second-order valence-corrected chi connectivity index (χ2v) is 13.3. The highest BCUT2D eigenvalue weighted by Gasteiger charge is 2.94. The fourth-order valence-corrected chi connectivity index (χ4v) is 10.3. The molecule has 4 bridgehead atoms. The van der Waals surface area contributed by atoms with Crippen LogP contribution in [-0.2, 0) is 23.8 Å². The minimum absolute atomic E-state index is 0.0293. The van der Waals surface area contributed by atoms with Gasteiger partial charge >= 0.3 is 0 Å². The van der Waals surface area contributed by atoms with Gasteiger partial charge in [-0.2, -0.15) is 0 Å². The first-order valence-corrected chi connectivity index (χ1v) is 13.1. The molecule has 188 valence electrons. The summed E-state index contributed by atoms with van der Waals surface area (Å²) in [5.74, 6) is -3.38. The van der Waals surface area contributed by atoms with Crippen molar-refractivity contribution in [3.05, 3.63) is 0 Å². The van der Waals surface area contributed by atoms with E-state index >= 15 is 0 Å². The van der Waals surface area contributed by atoms with Gasteiger partial charge in [0.2, 0.25) is 11.7 Å². The molecule has 10 atom stereocenters. The Labute approximate surface area is 200 Å². The van der Waals surface area contributed by atoms with E-state index in [2.05, 4.69) is 13.8 Å². The molecule has 1 unspecified atom stereocenters. The second-order valence-electron chi connectivity index (χ2n) is 13.3. The molecule has 4 saturated carbocycles. The monoisotopic (exact) mass is 475 g/mol. The number of carbonyl (C=O) groups is 2. The lowest BCUT2D eigenvalue weighted by atomic mass is 9.35. The first-order valence-electron chi connectivity index (χ1n) is 13.1. The molecule has 8 rings (SSSR count). The lowest BCUT2D eigenvalue weighted by molar-refractivity contribution is -0.534. The van der Waals surface area contributed by atoms with Crippen LogP contribution in [-0.4, -0.2) is 75.4 Å². The predicted octanol–water partition coefficient (Wildman–Crippen LogP) is 1.61. The van der Waals surface area contributed by atoms with Gasteiger partial charge in [0.25, 0.3) is 0 Å². The van der Waals surface area contributed by atoms with E-state index in [1.54, 1.807) is 4.90 Å². The number of aliphatic hydroxyl groups is 2. The summed E-state index contributed by atoms with van der Waals surface area (Å²) in [6.07, 6.45) is 0.937. The van der Waals surface area contributed by atoms with Crippen LogP contribution in [0.15, 0.2) is 0 Å². The highest BCUT2D eigenvalue weighted by molar-refractivity contribution is 6.06. The van der Waals surface area contributed by atoms with Gasteiger partial charge < -0.3 is 29.3 Å². The summed E-state index contributed by atoms with van der Waals surface area (Å²) >= 11 is 0. The molecule has 8 nitrogen and oxygen atoms in total. The smallest absolute Gasteiger partial charge is 0.223 e. The minimum atomic E-state index is -1.55. The summed E-state index contributed by atoms with van der Waals surface area (Å²) in [4.78, 5) is 29.4. The third-order valence-electron chi connectivity index (χ3n) is 11.3. The van der Waals surface area contributed by atoms with Crippen LogP contribution in [0.1, 0.15) is 66.7 Å². The van der Waals surface area contributed by atoms with E-state index in [9.17, 15) is 19.8 Å². The number of ketones is 1. The molecule has 0 radical (unpaired) electrons. The van der Waals surface area contributed by atoms with Crippen LogP contribution in [0.25, 0.3) is 0 Å². The Morgan fingerprint density at radius 2 is 1.88 bits per heavy atom. The van der Waals surface area contributed by atoms with Crippen molar-refractivity contribution in [3.8, 4) is 0 Å². The van der Waals surface area contributed by atoms with Crippen LogP contribution >= 0.6 is 0 Å². The molecule has 4 saturated heterocycles. The van der Waals surface area contributed by atoms with Crippen molar-refractivity contribution in [1.29, 1.82) is 0 Å². The molecule has 4 aliphatic heterocycles. The molecule has 1 amide bonds. The predicted molar refractivity (Wildman–Crippen MR) is 118 cm³/mol. The van der Waals surface area contributed by atoms with E-state index in [4.69, 9.17) is 14.2 Å². The van der Waals surface area contributed by atoms with Gasteiger partial charge in [-0.3, -0.25) is 9.59 Å². The van der Waals surface area contributed by atoms with Crippen LogP contribution < -0.4 is 0 Å². The van der Waals surface area contributed by atoms with Gasteiger partial charge in [-0.15, -0.1) is 0 Å². The fourth-order valence-electron chi connectivity index (χ4n) is 10.3. The Hall–Kier alpha value is -1.06. The summed E-state index contributed by atoms with van der Waals surface area (Å²) in [6.45, 7) is 10.4. The highest BCUT2D eigenvalue weighted by Crippen LogP contribution is 2.81. The van der Waals surface area contributed by atoms with E-state index in [-0.39, 0.29) is 41.5 Å². The summed E-state index contributed by atoms with van der Waals surface area (Å²) in [5, 5.41) is 23.8. The lowest BCUT2D eigenvalue weighted by Crippen LogP contribution is -2.88. The maximum absolute atomic E-state index is 14.8. The SMILES string of the molecule is CCC(=O)N1CC12C(=O)[C@@]13[C@@H]4OC(C)(C)O[C@@]15OC[C@@]1([C@H]([C@@H]5O)C(C)(C)CC[C@@H]1O)[C@@H]3CC[C@H]42. The summed E-state index contributed by atoms with van der Waals surface area (Å²) in [6, 6.07) is 0. The zero-order chi connectivity index (χ0) is 24.3. The molecule has 8 fully saturated rings. The van der Waals surface area contributed by atoms with Gasteiger partial charge in [0.05, 0.1) is 25.4 Å². The third-order valence-corrected chi connectivity index (χ3v) is 11.3. The van der Waals surface area contributed by atoms with Crippen LogP contribution in [0.5, 0.6) is 0 Å². The molecule has 0 aromatic carbocycles. The average molecular weight is 476 g/mol. The maximum Gasteiger partial charge on any atom is 0.223 e. The number of nitrogens with zero attached hydrogens (tertiary/aromatic N) is 1. The van der Waals surface area contributed by atoms with Crippen molar-refractivity contribution >= 4 is 11.7 Å². The fraction of sp³-hybridized carbons (Fsp3) is 0.923. The Morgan fingerprint density at radius 1 is 1.15 bits per heavy atom. The Morgan fingerprint density at radius 3 is 2.59 bits per heavy atom. The Balaban J connectivity index is 1.50. The van der Waals surface area contributed by atoms with E-state index < -0.39 is 46.3 Å². The second kappa shape index (κ2) is 5.91. The molecule has 34 heavy (non-hydrogen) atoms. The topological polar surface area (TPSA) is 105 Å². The van der Waals surface area contributed by atoms with E-state index in [1.165, 1.54) is 0 Å². The van der Waals surface area contributed by atoms with Gasteiger partial charge in [-0.05, 0) is 50.9 Å². The zero-order valence-corrected chi connectivity index (χ0v) is 20.8. The number of hydrogen-bond donors (Lipinski definition) is 2. The quantitative estimate of drug-likeness (QED) is 0.555. The van der Waals surface area contributed by atoms with Gasteiger partial charge in [0.1, 0.15) is 17.1 Å². The molecule has 0 aromatic rings. The van der Waals surface area contributed by atoms with Gasteiger partial charge in [0, 0.05) is 23.7 Å². The molecule has 4 spiro atoms. The molecular formula is C26H37NO7. The number of rotatable bonds is 1. The largest absolute Gasteiger partial charge is 0.392 e. The maximum atomic E-state index is 14.8. The zero-order valence-electron chi connectivity index (χ0n) is 20.8. The first-order chi connectivity index (χ1) is 15.9. The van der Waals surface area contributed by atoms with Crippen molar-refractivity contribution in [2.75, 3.05) is 13.2 Å². The molecule has 4 heterocycles. The number of hydrogen-bond acceptors (Lipinski definition) is 7. The van der Waals surface area contributed by atoms with E-state index in [0.29, 0.717) is 19.4 Å². The van der Waals surface area contributed by atoms with Crippen molar-refractivity contribution in [3.63, 3.8) is 0 Å². The summed E-state index contributed by atoms with van der Waals surface area (Å²) < 4.78 is 19.8. The molecule has 8 heteroatoms. The van der Waals surface area contributed by atoms with Gasteiger partial charge in [-0.1, -0.05) is 20.8 Å². The normalized spacial score (nSPS) is 57.4. The highest BCUT2D eigenvalue weighted by atomic mass is 16.8. The summed E-state index contributed by atoms with van der Waals surface area (Å²) in [5.41, 5.74) is -3.16. The minimum Gasteiger partial charge on any atom is -0.392 e. The van der Waals surface area contributed by atoms with E-state index in [0.717, 1.165) is 19.3 Å². The average Bonchev–Trinajstić information content (AvgIpc) is 3.50. The number of Topliss-reactive ketones (excluding diaryl/α,β-unsaturated/α-hetero) is 1. The van der Waals surface area contributed by atoms with Crippen LogP contribution in [0.2, 0.25) is 0 Å². The third kappa shape index (κ3) is 1.93. The van der Waals surface area contributed by atoms with Crippen molar-refractivity contribution in [1.82, 2.24) is 4.90 Å². The Kier molecular flexibility index (Phi) is 3.85. The van der Waals surface area contributed by atoms with Crippen LogP contribution in [0.3, 0.4) is 0 Å². The molecule has 4 aliphatic carbocycles. The standard InChI is InChI=1S/C26H37NO7/c1-6-16(29)27-11-24(27)13-7-8-14-23-12-32-26(18(30)17(23)21(2,3)10-9-15(23)28)25(14,20(24)31)19(13)33-22(4,5)34-26/h13-15,17-19,28,30H,6-12H2,1-5H3/t13-,14+,15+,17-,18+,19-,23-,24?,25-,26-,27?/m1/s1. The number of carbonyl (C=O) groups excluding carboxylic acids is 2. The molecule has 8 aliphatic rings.